The molecule has 0 aliphatic heterocycles. The SMILES string of the molecule is CCCCCCON=C(OC)c1ccccc1. The molecule has 0 aliphatic carbocycles. The van der Waals surface area contributed by atoms with Crippen LogP contribution < -0.4 is 0 Å². The molecule has 0 amide bonds. The van der Waals surface area contributed by atoms with Gasteiger partial charge in [0, 0.05) is 5.56 Å². The van der Waals surface area contributed by atoms with Crippen LogP contribution in [0.3, 0.4) is 0 Å². The van der Waals surface area contributed by atoms with Gasteiger partial charge in [-0.05, 0) is 30.1 Å². The summed E-state index contributed by atoms with van der Waals surface area (Å²) in [5, 5.41) is 4.00. The number of oxime groups is 1. The van der Waals surface area contributed by atoms with Crippen molar-refractivity contribution in [2.75, 3.05) is 13.7 Å². The number of nitrogens with zero attached hydrogens (tertiary/aromatic N) is 1. The Morgan fingerprint density at radius 2 is 1.88 bits per heavy atom. The van der Waals surface area contributed by atoms with Crippen LogP contribution >= 0.6 is 0 Å². The summed E-state index contributed by atoms with van der Waals surface area (Å²) in [5.41, 5.74) is 0.934. The maximum Gasteiger partial charge on any atom is 0.257 e. The van der Waals surface area contributed by atoms with E-state index in [-0.39, 0.29) is 0 Å². The average molecular weight is 235 g/mol. The highest BCUT2D eigenvalue weighted by atomic mass is 16.6. The maximum atomic E-state index is 5.25. The van der Waals surface area contributed by atoms with Crippen LogP contribution in [0.1, 0.15) is 38.2 Å². The van der Waals surface area contributed by atoms with E-state index < -0.39 is 0 Å². The zero-order valence-corrected chi connectivity index (χ0v) is 10.7. The van der Waals surface area contributed by atoms with Crippen LogP contribution in [0.2, 0.25) is 0 Å². The summed E-state index contributed by atoms with van der Waals surface area (Å²) in [4.78, 5) is 5.25. The van der Waals surface area contributed by atoms with Crippen molar-refractivity contribution < 1.29 is 9.57 Å². The first-order valence-corrected chi connectivity index (χ1v) is 6.18. The third kappa shape index (κ3) is 5.38. The molecular weight excluding hydrogens is 214 g/mol. The standard InChI is InChI=1S/C14H21NO2/c1-3-4-5-9-12-17-15-14(16-2)13-10-7-6-8-11-13/h6-8,10-11H,3-5,9,12H2,1-2H3. The molecule has 0 bridgehead atoms. The fraction of sp³-hybridized carbons (Fsp3) is 0.500. The average Bonchev–Trinajstić information content (AvgIpc) is 2.39. The lowest BCUT2D eigenvalue weighted by molar-refractivity contribution is 0.131. The van der Waals surface area contributed by atoms with Gasteiger partial charge in [0.1, 0.15) is 6.61 Å². The van der Waals surface area contributed by atoms with Gasteiger partial charge in [-0.1, -0.05) is 38.0 Å². The summed E-state index contributed by atoms with van der Waals surface area (Å²) >= 11 is 0. The van der Waals surface area contributed by atoms with Gasteiger partial charge >= 0.3 is 0 Å². The minimum absolute atomic E-state index is 0.529. The van der Waals surface area contributed by atoms with Gasteiger partial charge in [-0.25, -0.2) is 0 Å². The molecule has 0 radical (unpaired) electrons. The van der Waals surface area contributed by atoms with E-state index in [1.54, 1.807) is 7.11 Å². The number of benzene rings is 1. The summed E-state index contributed by atoms with van der Waals surface area (Å²) in [6.07, 6.45) is 4.72. The van der Waals surface area contributed by atoms with Gasteiger partial charge in [0.25, 0.3) is 5.90 Å². The Morgan fingerprint density at radius 3 is 2.53 bits per heavy atom. The molecule has 1 aromatic rings. The minimum Gasteiger partial charge on any atom is -0.479 e. The highest BCUT2D eigenvalue weighted by molar-refractivity contribution is 5.93. The predicted molar refractivity (Wildman–Crippen MR) is 70.1 cm³/mol. The molecule has 0 saturated heterocycles. The number of ether oxygens (including phenoxy) is 1. The topological polar surface area (TPSA) is 30.8 Å². The van der Waals surface area contributed by atoms with Gasteiger partial charge in [0.2, 0.25) is 0 Å². The van der Waals surface area contributed by atoms with E-state index in [2.05, 4.69) is 12.1 Å². The zero-order chi connectivity index (χ0) is 12.3. The normalized spacial score (nSPS) is 11.3. The van der Waals surface area contributed by atoms with Crippen LogP contribution in [0.25, 0.3) is 0 Å². The highest BCUT2D eigenvalue weighted by Crippen LogP contribution is 2.03. The Morgan fingerprint density at radius 1 is 1.12 bits per heavy atom. The Hall–Kier alpha value is -1.51. The van der Waals surface area contributed by atoms with E-state index in [4.69, 9.17) is 9.57 Å². The van der Waals surface area contributed by atoms with Crippen molar-refractivity contribution in [3.05, 3.63) is 35.9 Å². The van der Waals surface area contributed by atoms with Crippen molar-refractivity contribution in [2.45, 2.75) is 32.6 Å². The number of hydrogen-bond donors (Lipinski definition) is 0. The Bertz CT molecular complexity index is 322. The van der Waals surface area contributed by atoms with E-state index in [0.717, 1.165) is 12.0 Å². The molecular formula is C14H21NO2. The molecule has 94 valence electrons. The maximum absolute atomic E-state index is 5.25. The minimum atomic E-state index is 0.529. The van der Waals surface area contributed by atoms with Crippen LogP contribution in [0, 0.1) is 0 Å². The largest absolute Gasteiger partial charge is 0.479 e. The fourth-order valence-electron chi connectivity index (χ4n) is 1.49. The van der Waals surface area contributed by atoms with Crippen LogP contribution in [0.5, 0.6) is 0 Å². The van der Waals surface area contributed by atoms with Gasteiger partial charge < -0.3 is 9.57 Å². The molecule has 0 N–H and O–H groups in total. The second-order valence-electron chi connectivity index (χ2n) is 3.86. The first-order valence-electron chi connectivity index (χ1n) is 6.18. The van der Waals surface area contributed by atoms with Crippen LogP contribution in [0.15, 0.2) is 35.5 Å². The van der Waals surface area contributed by atoms with Crippen LogP contribution in [-0.4, -0.2) is 19.6 Å². The van der Waals surface area contributed by atoms with E-state index in [1.165, 1.54) is 19.3 Å². The Labute approximate surface area is 103 Å². The van der Waals surface area contributed by atoms with Gasteiger partial charge in [-0.15, -0.1) is 0 Å². The molecule has 1 aromatic carbocycles. The lowest BCUT2D eigenvalue weighted by atomic mass is 10.2. The van der Waals surface area contributed by atoms with Crippen LogP contribution in [0.4, 0.5) is 0 Å². The van der Waals surface area contributed by atoms with Gasteiger partial charge in [0.15, 0.2) is 0 Å². The van der Waals surface area contributed by atoms with Gasteiger partial charge in [-0.2, -0.15) is 0 Å². The molecule has 0 unspecified atom stereocenters. The monoisotopic (exact) mass is 235 g/mol. The molecule has 0 saturated carbocycles. The molecule has 0 spiro atoms. The summed E-state index contributed by atoms with van der Waals surface area (Å²) in [6.45, 7) is 2.84. The van der Waals surface area contributed by atoms with Crippen molar-refractivity contribution >= 4 is 5.90 Å². The summed E-state index contributed by atoms with van der Waals surface area (Å²) < 4.78 is 5.19. The van der Waals surface area contributed by atoms with Crippen molar-refractivity contribution in [2.24, 2.45) is 5.16 Å². The predicted octanol–water partition coefficient (Wildman–Crippen LogP) is 3.59. The Balaban J connectivity index is 2.35. The number of methoxy groups -OCH3 is 1. The zero-order valence-electron chi connectivity index (χ0n) is 10.7. The third-order valence-electron chi connectivity index (χ3n) is 2.45. The second-order valence-corrected chi connectivity index (χ2v) is 3.86. The van der Waals surface area contributed by atoms with Crippen molar-refractivity contribution in [3.63, 3.8) is 0 Å². The molecule has 3 heteroatoms. The molecule has 0 fully saturated rings. The van der Waals surface area contributed by atoms with E-state index in [1.807, 2.05) is 30.3 Å². The summed E-state index contributed by atoms with van der Waals surface area (Å²) in [6, 6.07) is 9.75. The Kier molecular flexibility index (Phi) is 6.87. The van der Waals surface area contributed by atoms with E-state index in [9.17, 15) is 0 Å². The first kappa shape index (κ1) is 13.6. The lowest BCUT2D eigenvalue weighted by Gasteiger charge is -2.05. The molecule has 0 atom stereocenters. The van der Waals surface area contributed by atoms with Crippen molar-refractivity contribution in [1.29, 1.82) is 0 Å². The molecule has 0 heterocycles. The lowest BCUT2D eigenvalue weighted by Crippen LogP contribution is -2.04. The van der Waals surface area contributed by atoms with Gasteiger partial charge in [-0.3, -0.25) is 0 Å². The third-order valence-corrected chi connectivity index (χ3v) is 2.45. The van der Waals surface area contributed by atoms with E-state index >= 15 is 0 Å². The first-order chi connectivity index (χ1) is 8.38. The molecule has 0 aromatic heterocycles. The molecule has 0 aliphatic rings. The van der Waals surface area contributed by atoms with Gasteiger partial charge in [0.05, 0.1) is 7.11 Å². The van der Waals surface area contributed by atoms with Crippen LogP contribution in [-0.2, 0) is 9.57 Å². The number of hydrogen-bond acceptors (Lipinski definition) is 3. The summed E-state index contributed by atoms with van der Waals surface area (Å²) in [7, 11) is 1.60. The summed E-state index contributed by atoms with van der Waals surface area (Å²) in [5.74, 6) is 0.529. The van der Waals surface area contributed by atoms with E-state index in [0.29, 0.717) is 12.5 Å². The number of rotatable bonds is 7. The highest BCUT2D eigenvalue weighted by Gasteiger charge is 2.02. The van der Waals surface area contributed by atoms with Crippen molar-refractivity contribution in [3.8, 4) is 0 Å². The molecule has 17 heavy (non-hydrogen) atoms. The smallest absolute Gasteiger partial charge is 0.257 e. The van der Waals surface area contributed by atoms with Crippen molar-refractivity contribution in [1.82, 2.24) is 0 Å². The molecule has 3 nitrogen and oxygen atoms in total. The fourth-order valence-corrected chi connectivity index (χ4v) is 1.49. The molecule has 1 rings (SSSR count). The quantitative estimate of drug-likeness (QED) is 0.313. The second kappa shape index (κ2) is 8.62. The number of unbranched alkanes of at least 4 members (excludes halogenated alkanes) is 3.